The van der Waals surface area contributed by atoms with Crippen LogP contribution in [0.15, 0.2) is 60.7 Å². The smallest absolute Gasteiger partial charge is 0.340 e. The number of hydrogen-bond acceptors (Lipinski definition) is 4. The zero-order valence-electron chi connectivity index (χ0n) is 19.6. The fourth-order valence-corrected chi connectivity index (χ4v) is 4.52. The van der Waals surface area contributed by atoms with Crippen LogP contribution in [-0.4, -0.2) is 23.4 Å². The maximum atomic E-state index is 13.3. The third-order valence-electron chi connectivity index (χ3n) is 5.87. The van der Waals surface area contributed by atoms with Crippen LogP contribution >= 0.6 is 23.2 Å². The van der Waals surface area contributed by atoms with Crippen molar-refractivity contribution < 1.29 is 14.3 Å². The van der Waals surface area contributed by atoms with Gasteiger partial charge in [-0.25, -0.2) is 9.80 Å². The molecule has 0 aliphatic carbocycles. The van der Waals surface area contributed by atoms with Gasteiger partial charge in [0.2, 0.25) is 5.79 Å². The van der Waals surface area contributed by atoms with Crippen LogP contribution in [0.2, 0.25) is 5.02 Å². The monoisotopic (exact) mass is 509 g/mol. The number of halogens is 2. The number of carbonyl (C=O) groups is 1. The van der Waals surface area contributed by atoms with Crippen molar-refractivity contribution in [1.82, 2.24) is 10.4 Å². The largest absolute Gasteiger partial charge is 0.449 e. The molecule has 0 bridgehead atoms. The Labute approximate surface area is 214 Å². The number of alkyl halides is 1. The minimum absolute atomic E-state index is 0.229. The molecular formula is C27H25Cl2N3O3. The lowest BCUT2D eigenvalue weighted by Crippen LogP contribution is -2.40. The molecule has 0 atom stereocenters. The number of aryl methyl sites for hydroxylation is 1. The second kappa shape index (κ2) is 9.02. The van der Waals surface area contributed by atoms with Gasteiger partial charge in [0.05, 0.1) is 18.1 Å². The number of nitrogens with one attached hydrogen (secondary N) is 2. The molecule has 0 aromatic heterocycles. The van der Waals surface area contributed by atoms with Gasteiger partial charge < -0.3 is 14.8 Å². The quantitative estimate of drug-likeness (QED) is 0.379. The van der Waals surface area contributed by atoms with Gasteiger partial charge in [0, 0.05) is 41.8 Å². The maximum absolute atomic E-state index is 13.3. The lowest BCUT2D eigenvalue weighted by atomic mass is 10.00. The average molecular weight is 510 g/mol. The number of fused-ring (bicyclic) bond motifs is 1. The maximum Gasteiger partial charge on any atom is 0.340 e. The van der Waals surface area contributed by atoms with Crippen LogP contribution in [-0.2, 0) is 5.88 Å². The summed E-state index contributed by atoms with van der Waals surface area (Å²) in [6.45, 7) is 6.07. The van der Waals surface area contributed by atoms with Crippen LogP contribution in [0, 0.1) is 6.92 Å². The summed E-state index contributed by atoms with van der Waals surface area (Å²) in [7, 11) is 0. The molecule has 0 unspecified atom stereocenters. The molecule has 5 rings (SSSR count). The van der Waals surface area contributed by atoms with E-state index in [4.69, 9.17) is 32.7 Å². The van der Waals surface area contributed by atoms with Crippen molar-refractivity contribution in [3.63, 3.8) is 0 Å². The van der Waals surface area contributed by atoms with Gasteiger partial charge in [0.25, 0.3) is 0 Å². The number of hydrazine groups is 1. The summed E-state index contributed by atoms with van der Waals surface area (Å²) in [4.78, 5) is 13.3. The molecule has 6 nitrogen and oxygen atoms in total. The standard InChI is InChI=1S/C27H25Cl2N3O3/c1-16-4-6-18(7-5-16)24-22(17-8-10-20(29)11-9-17)15-32(31-24)26(33)30-21-12-19(14-28)25-23(13-21)34-27(2,3)35-25/h4-13,31H,14-15H2,1-3H3,(H,30,33). The SMILES string of the molecule is Cc1ccc(C2=C(c3ccc(Cl)cc3)CN(C(=O)Nc3cc(CCl)c4c(c3)OC(C)(C)O4)N2)cc1. The van der Waals surface area contributed by atoms with Crippen molar-refractivity contribution in [3.05, 3.63) is 87.9 Å². The Morgan fingerprint density at radius 3 is 2.43 bits per heavy atom. The molecule has 0 radical (unpaired) electrons. The molecule has 2 amide bonds. The summed E-state index contributed by atoms with van der Waals surface area (Å²) in [5.74, 6) is 0.601. The molecule has 35 heavy (non-hydrogen) atoms. The molecule has 180 valence electrons. The average Bonchev–Trinajstić information content (AvgIpc) is 3.40. The van der Waals surface area contributed by atoms with E-state index in [1.807, 2.05) is 69.3 Å². The molecule has 8 heteroatoms. The number of rotatable bonds is 4. The second-order valence-corrected chi connectivity index (χ2v) is 9.76. The van der Waals surface area contributed by atoms with Crippen LogP contribution in [0.1, 0.15) is 36.1 Å². The Hall–Kier alpha value is -3.35. The lowest BCUT2D eigenvalue weighted by molar-refractivity contribution is -0.0434. The zero-order valence-corrected chi connectivity index (χ0v) is 21.1. The van der Waals surface area contributed by atoms with Gasteiger partial charge in [0.15, 0.2) is 11.5 Å². The molecule has 0 saturated heterocycles. The third kappa shape index (κ3) is 4.77. The van der Waals surface area contributed by atoms with Crippen LogP contribution in [0.25, 0.3) is 11.3 Å². The molecule has 2 N–H and O–H groups in total. The van der Waals surface area contributed by atoms with E-state index < -0.39 is 5.79 Å². The number of urea groups is 1. The fourth-order valence-electron chi connectivity index (χ4n) is 4.19. The van der Waals surface area contributed by atoms with Gasteiger partial charge in [-0.2, -0.15) is 0 Å². The molecule has 2 heterocycles. The first-order valence-electron chi connectivity index (χ1n) is 11.2. The first-order chi connectivity index (χ1) is 16.7. The lowest BCUT2D eigenvalue weighted by Gasteiger charge is -2.19. The van der Waals surface area contributed by atoms with Crippen LogP contribution in [0.5, 0.6) is 11.5 Å². The molecule has 0 spiro atoms. The number of benzene rings is 3. The van der Waals surface area contributed by atoms with Crippen LogP contribution in [0.4, 0.5) is 10.5 Å². The van der Waals surface area contributed by atoms with Gasteiger partial charge >= 0.3 is 6.03 Å². The number of ether oxygens (including phenoxy) is 2. The van der Waals surface area contributed by atoms with Crippen molar-refractivity contribution in [3.8, 4) is 11.5 Å². The summed E-state index contributed by atoms with van der Waals surface area (Å²) in [5.41, 5.74) is 9.62. The number of nitrogens with zero attached hydrogens (tertiary/aromatic N) is 1. The van der Waals surface area contributed by atoms with E-state index in [0.29, 0.717) is 28.8 Å². The number of carbonyl (C=O) groups excluding carboxylic acids is 1. The first-order valence-corrected chi connectivity index (χ1v) is 12.2. The first kappa shape index (κ1) is 23.4. The van der Waals surface area contributed by atoms with Crippen molar-refractivity contribution >= 4 is 46.2 Å². The van der Waals surface area contributed by atoms with E-state index in [0.717, 1.165) is 33.5 Å². The summed E-state index contributed by atoms with van der Waals surface area (Å²) in [6.07, 6.45) is 0. The zero-order chi connectivity index (χ0) is 24.7. The van der Waals surface area contributed by atoms with E-state index in [2.05, 4.69) is 10.7 Å². The third-order valence-corrected chi connectivity index (χ3v) is 6.41. The Kier molecular flexibility index (Phi) is 6.03. The highest BCUT2D eigenvalue weighted by atomic mass is 35.5. The number of anilines is 1. The normalized spacial score (nSPS) is 15.9. The van der Waals surface area contributed by atoms with Gasteiger partial charge in [-0.15, -0.1) is 11.6 Å². The van der Waals surface area contributed by atoms with Gasteiger partial charge in [-0.3, -0.25) is 5.43 Å². The number of amides is 2. The van der Waals surface area contributed by atoms with E-state index in [9.17, 15) is 4.79 Å². The Bertz CT molecular complexity index is 1260. The Morgan fingerprint density at radius 1 is 1.06 bits per heavy atom. The van der Waals surface area contributed by atoms with E-state index in [-0.39, 0.29) is 11.9 Å². The highest BCUT2D eigenvalue weighted by Crippen LogP contribution is 2.44. The van der Waals surface area contributed by atoms with E-state index in [1.54, 1.807) is 17.1 Å². The predicted octanol–water partition coefficient (Wildman–Crippen LogP) is 6.82. The van der Waals surface area contributed by atoms with Crippen molar-refractivity contribution in [2.75, 3.05) is 11.9 Å². The molecule has 0 fully saturated rings. The van der Waals surface area contributed by atoms with Crippen LogP contribution < -0.4 is 20.2 Å². The Morgan fingerprint density at radius 2 is 1.74 bits per heavy atom. The molecule has 3 aromatic rings. The van der Waals surface area contributed by atoms with Crippen molar-refractivity contribution in [2.24, 2.45) is 0 Å². The van der Waals surface area contributed by atoms with Gasteiger partial charge in [-0.05, 0) is 36.2 Å². The Balaban J connectivity index is 1.41. The molecule has 3 aromatic carbocycles. The van der Waals surface area contributed by atoms with E-state index in [1.165, 1.54) is 0 Å². The fraction of sp³-hybridized carbons (Fsp3) is 0.222. The molecular weight excluding hydrogens is 485 g/mol. The summed E-state index contributed by atoms with van der Waals surface area (Å²) in [6, 6.07) is 19.1. The predicted molar refractivity (Wildman–Crippen MR) is 140 cm³/mol. The highest BCUT2D eigenvalue weighted by Gasteiger charge is 2.34. The highest BCUT2D eigenvalue weighted by molar-refractivity contribution is 6.30. The number of hydrogen-bond donors (Lipinski definition) is 2. The van der Waals surface area contributed by atoms with Gasteiger partial charge in [-0.1, -0.05) is 53.6 Å². The summed E-state index contributed by atoms with van der Waals surface area (Å²) < 4.78 is 11.7. The summed E-state index contributed by atoms with van der Waals surface area (Å²) >= 11 is 12.3. The van der Waals surface area contributed by atoms with Crippen molar-refractivity contribution in [1.29, 1.82) is 0 Å². The van der Waals surface area contributed by atoms with Crippen LogP contribution in [0.3, 0.4) is 0 Å². The molecule has 2 aliphatic rings. The van der Waals surface area contributed by atoms with Gasteiger partial charge in [0.1, 0.15) is 0 Å². The van der Waals surface area contributed by atoms with E-state index >= 15 is 0 Å². The minimum atomic E-state index is -0.789. The van der Waals surface area contributed by atoms with Crippen molar-refractivity contribution in [2.45, 2.75) is 32.4 Å². The molecule has 0 saturated carbocycles. The summed E-state index contributed by atoms with van der Waals surface area (Å²) in [5, 5.41) is 5.17. The molecule has 2 aliphatic heterocycles. The minimum Gasteiger partial charge on any atom is -0.449 e. The second-order valence-electron chi connectivity index (χ2n) is 9.05. The topological polar surface area (TPSA) is 62.8 Å².